The predicted octanol–water partition coefficient (Wildman–Crippen LogP) is 3.38. The Balaban J connectivity index is 2.18. The second kappa shape index (κ2) is 4.81. The van der Waals surface area contributed by atoms with E-state index in [1.54, 1.807) is 6.08 Å². The Morgan fingerprint density at radius 3 is 2.44 bits per heavy atom. The molecule has 16 heavy (non-hydrogen) atoms. The van der Waals surface area contributed by atoms with Crippen LogP contribution in [0.4, 0.5) is 5.69 Å². The Bertz CT molecular complexity index is 415. The average Bonchev–Trinajstić information content (AvgIpc) is 2.78. The molecule has 0 bridgehead atoms. The number of azo groups is 1. The van der Waals surface area contributed by atoms with Gasteiger partial charge >= 0.3 is 0 Å². The van der Waals surface area contributed by atoms with E-state index in [0.717, 1.165) is 31.4 Å². The molecule has 1 aromatic rings. The Labute approximate surface area is 94.1 Å². The normalized spacial score (nSPS) is 18.5. The standard InChI is InChI=1S/C12H13N3O/c16-10-13-12(8-4-5-9-12)15-14-11-6-2-1-3-7-11/h1-3,6-7H,4-5,8-9H2. The summed E-state index contributed by atoms with van der Waals surface area (Å²) in [5.74, 6) is 0. The lowest BCUT2D eigenvalue weighted by molar-refractivity contribution is 0.437. The molecule has 1 aromatic carbocycles. The molecule has 1 fully saturated rings. The molecular weight excluding hydrogens is 202 g/mol. The monoisotopic (exact) mass is 215 g/mol. The molecule has 1 saturated carbocycles. The maximum atomic E-state index is 10.4. The molecular formula is C12H13N3O. The molecule has 0 radical (unpaired) electrons. The Morgan fingerprint density at radius 2 is 1.81 bits per heavy atom. The molecule has 0 unspecified atom stereocenters. The molecule has 82 valence electrons. The van der Waals surface area contributed by atoms with Gasteiger partial charge in [0.25, 0.3) is 0 Å². The van der Waals surface area contributed by atoms with Crippen LogP contribution in [0.2, 0.25) is 0 Å². The van der Waals surface area contributed by atoms with Crippen molar-refractivity contribution >= 4 is 11.8 Å². The van der Waals surface area contributed by atoms with Gasteiger partial charge in [0.1, 0.15) is 0 Å². The SMILES string of the molecule is O=C=NC1(N=Nc2ccccc2)CCCC1. The first-order valence-electron chi connectivity index (χ1n) is 5.42. The fraction of sp³-hybridized carbons (Fsp3) is 0.417. The van der Waals surface area contributed by atoms with E-state index in [2.05, 4.69) is 15.2 Å². The first-order chi connectivity index (χ1) is 7.85. The summed E-state index contributed by atoms with van der Waals surface area (Å²) in [6.45, 7) is 0. The average molecular weight is 215 g/mol. The number of benzene rings is 1. The molecule has 4 nitrogen and oxygen atoms in total. The van der Waals surface area contributed by atoms with Crippen molar-refractivity contribution in [1.29, 1.82) is 0 Å². The maximum Gasteiger partial charge on any atom is 0.237 e. The minimum atomic E-state index is -0.641. The molecule has 0 amide bonds. The van der Waals surface area contributed by atoms with E-state index in [1.165, 1.54) is 0 Å². The second-order valence-corrected chi connectivity index (χ2v) is 3.93. The molecule has 0 N–H and O–H groups in total. The Hall–Kier alpha value is -1.80. The van der Waals surface area contributed by atoms with Gasteiger partial charge in [0, 0.05) is 0 Å². The van der Waals surface area contributed by atoms with Crippen LogP contribution >= 0.6 is 0 Å². The number of rotatable bonds is 3. The molecule has 0 spiro atoms. The van der Waals surface area contributed by atoms with Gasteiger partial charge in [-0.3, -0.25) is 0 Å². The van der Waals surface area contributed by atoms with Gasteiger partial charge in [-0.05, 0) is 37.8 Å². The predicted molar refractivity (Wildman–Crippen MR) is 60.3 cm³/mol. The van der Waals surface area contributed by atoms with Crippen molar-refractivity contribution in [2.75, 3.05) is 0 Å². The molecule has 0 aromatic heterocycles. The molecule has 0 atom stereocenters. The van der Waals surface area contributed by atoms with Crippen LogP contribution in [0.5, 0.6) is 0 Å². The lowest BCUT2D eigenvalue weighted by Gasteiger charge is -2.13. The summed E-state index contributed by atoms with van der Waals surface area (Å²) in [5, 5.41) is 8.34. The number of aliphatic imine (C=N–C) groups is 1. The van der Waals surface area contributed by atoms with Crippen LogP contribution in [0.25, 0.3) is 0 Å². The van der Waals surface area contributed by atoms with Gasteiger partial charge in [-0.15, -0.1) is 0 Å². The number of carbonyl (C=O) groups excluding carboxylic acids is 1. The van der Waals surface area contributed by atoms with Gasteiger partial charge in [-0.2, -0.15) is 15.2 Å². The summed E-state index contributed by atoms with van der Waals surface area (Å²) in [4.78, 5) is 14.2. The first kappa shape index (κ1) is 10.7. The summed E-state index contributed by atoms with van der Waals surface area (Å²) in [6, 6.07) is 9.47. The Morgan fingerprint density at radius 1 is 1.12 bits per heavy atom. The molecule has 0 heterocycles. The van der Waals surface area contributed by atoms with E-state index in [9.17, 15) is 4.79 Å². The topological polar surface area (TPSA) is 54.1 Å². The fourth-order valence-electron chi connectivity index (χ4n) is 1.91. The minimum Gasteiger partial charge on any atom is -0.211 e. The van der Waals surface area contributed by atoms with Gasteiger partial charge in [-0.25, -0.2) is 4.79 Å². The Kier molecular flexibility index (Phi) is 3.22. The van der Waals surface area contributed by atoms with Gasteiger partial charge in [0.2, 0.25) is 6.08 Å². The highest BCUT2D eigenvalue weighted by atomic mass is 16.1. The summed E-state index contributed by atoms with van der Waals surface area (Å²) in [6.07, 6.45) is 5.27. The van der Waals surface area contributed by atoms with Crippen molar-refractivity contribution in [1.82, 2.24) is 0 Å². The fourth-order valence-corrected chi connectivity index (χ4v) is 1.91. The number of hydrogen-bond acceptors (Lipinski definition) is 4. The quantitative estimate of drug-likeness (QED) is 0.433. The summed E-state index contributed by atoms with van der Waals surface area (Å²) in [7, 11) is 0. The number of hydrogen-bond donors (Lipinski definition) is 0. The third-order valence-electron chi connectivity index (χ3n) is 2.77. The van der Waals surface area contributed by atoms with Crippen LogP contribution < -0.4 is 0 Å². The van der Waals surface area contributed by atoms with E-state index < -0.39 is 5.66 Å². The van der Waals surface area contributed by atoms with E-state index in [0.29, 0.717) is 0 Å². The van der Waals surface area contributed by atoms with Crippen LogP contribution in [0.3, 0.4) is 0 Å². The summed E-state index contributed by atoms with van der Waals surface area (Å²) < 4.78 is 0. The van der Waals surface area contributed by atoms with Crippen molar-refractivity contribution in [2.45, 2.75) is 31.3 Å². The van der Waals surface area contributed by atoms with Crippen molar-refractivity contribution < 1.29 is 4.79 Å². The maximum absolute atomic E-state index is 10.4. The first-order valence-corrected chi connectivity index (χ1v) is 5.42. The van der Waals surface area contributed by atoms with Gasteiger partial charge in [0.05, 0.1) is 5.69 Å². The third-order valence-corrected chi connectivity index (χ3v) is 2.77. The van der Waals surface area contributed by atoms with Crippen molar-refractivity contribution in [3.8, 4) is 0 Å². The molecule has 1 aliphatic carbocycles. The van der Waals surface area contributed by atoms with E-state index in [-0.39, 0.29) is 0 Å². The van der Waals surface area contributed by atoms with Crippen LogP contribution in [-0.2, 0) is 4.79 Å². The third kappa shape index (κ3) is 2.41. The van der Waals surface area contributed by atoms with Crippen LogP contribution in [0.15, 0.2) is 45.6 Å². The molecule has 0 saturated heterocycles. The number of isocyanates is 1. The summed E-state index contributed by atoms with van der Waals surface area (Å²) in [5.41, 5.74) is 0.146. The van der Waals surface area contributed by atoms with Crippen molar-refractivity contribution in [2.24, 2.45) is 15.2 Å². The van der Waals surface area contributed by atoms with E-state index >= 15 is 0 Å². The lowest BCUT2D eigenvalue weighted by Crippen LogP contribution is -2.17. The molecule has 2 rings (SSSR count). The van der Waals surface area contributed by atoms with Crippen LogP contribution in [0.1, 0.15) is 25.7 Å². The highest BCUT2D eigenvalue weighted by Crippen LogP contribution is 2.35. The van der Waals surface area contributed by atoms with Gasteiger partial charge < -0.3 is 0 Å². The lowest BCUT2D eigenvalue weighted by atomic mass is 10.1. The molecule has 0 aliphatic heterocycles. The van der Waals surface area contributed by atoms with Crippen molar-refractivity contribution in [3.63, 3.8) is 0 Å². The molecule has 1 aliphatic rings. The molecule has 4 heteroatoms. The van der Waals surface area contributed by atoms with E-state index in [1.807, 2.05) is 30.3 Å². The van der Waals surface area contributed by atoms with E-state index in [4.69, 9.17) is 0 Å². The smallest absolute Gasteiger partial charge is 0.211 e. The zero-order valence-electron chi connectivity index (χ0n) is 8.97. The number of nitrogens with zero attached hydrogens (tertiary/aromatic N) is 3. The largest absolute Gasteiger partial charge is 0.237 e. The van der Waals surface area contributed by atoms with Gasteiger partial charge in [-0.1, -0.05) is 18.2 Å². The highest BCUT2D eigenvalue weighted by Gasteiger charge is 2.33. The zero-order valence-corrected chi connectivity index (χ0v) is 8.97. The minimum absolute atomic E-state index is 0.641. The second-order valence-electron chi connectivity index (χ2n) is 3.93. The summed E-state index contributed by atoms with van der Waals surface area (Å²) >= 11 is 0. The zero-order chi connectivity index (χ0) is 11.3. The van der Waals surface area contributed by atoms with Gasteiger partial charge in [0.15, 0.2) is 5.66 Å². The highest BCUT2D eigenvalue weighted by molar-refractivity contribution is 5.36. The van der Waals surface area contributed by atoms with Crippen LogP contribution in [-0.4, -0.2) is 11.7 Å². The van der Waals surface area contributed by atoms with Crippen LogP contribution in [0, 0.1) is 0 Å². The van der Waals surface area contributed by atoms with Crippen molar-refractivity contribution in [3.05, 3.63) is 30.3 Å².